The topological polar surface area (TPSA) is 67.8 Å². The Kier molecular flexibility index (Phi) is 6.59. The fraction of sp³-hybridized carbons (Fsp3) is 0.278. The first-order valence-corrected chi connectivity index (χ1v) is 7.43. The minimum atomic E-state index is -0.913. The van der Waals surface area contributed by atoms with Crippen molar-refractivity contribution in [2.24, 2.45) is 0 Å². The van der Waals surface area contributed by atoms with E-state index in [4.69, 9.17) is 14.6 Å². The average molecular weight is 315 g/mol. The second-order valence-corrected chi connectivity index (χ2v) is 5.06. The Morgan fingerprint density at radius 1 is 1.09 bits per heavy atom. The summed E-state index contributed by atoms with van der Waals surface area (Å²) in [6.45, 7) is 2.28. The van der Waals surface area contributed by atoms with E-state index in [1.54, 1.807) is 25.3 Å². The first-order valence-electron chi connectivity index (χ1n) is 7.43. The van der Waals surface area contributed by atoms with Crippen LogP contribution in [0.2, 0.25) is 0 Å². The van der Waals surface area contributed by atoms with Crippen molar-refractivity contribution < 1.29 is 19.4 Å². The molecule has 2 N–H and O–H groups in total. The molecule has 0 unspecified atom stereocenters. The Hall–Kier alpha value is -2.37. The Morgan fingerprint density at radius 3 is 2.70 bits per heavy atom. The third-order valence-corrected chi connectivity index (χ3v) is 3.34. The Morgan fingerprint density at radius 2 is 1.91 bits per heavy atom. The van der Waals surface area contributed by atoms with Gasteiger partial charge in [-0.25, -0.2) is 4.79 Å². The fourth-order valence-electron chi connectivity index (χ4n) is 2.18. The molecule has 2 rings (SSSR count). The highest BCUT2D eigenvalue weighted by atomic mass is 16.5. The van der Waals surface area contributed by atoms with Gasteiger partial charge in [-0.15, -0.1) is 0 Å². The zero-order valence-electron chi connectivity index (χ0n) is 13.1. The number of carboxylic acid groups (broad SMARTS) is 1. The van der Waals surface area contributed by atoms with Crippen molar-refractivity contribution in [1.82, 2.24) is 5.32 Å². The molecule has 0 aliphatic heterocycles. The SMILES string of the molecule is COCCOc1ccccc1CNCc1cccc(C(=O)O)c1. The monoisotopic (exact) mass is 315 g/mol. The lowest BCUT2D eigenvalue weighted by Gasteiger charge is -2.12. The van der Waals surface area contributed by atoms with E-state index in [9.17, 15) is 4.79 Å². The van der Waals surface area contributed by atoms with E-state index in [-0.39, 0.29) is 0 Å². The molecule has 5 nitrogen and oxygen atoms in total. The van der Waals surface area contributed by atoms with Crippen LogP contribution in [0.3, 0.4) is 0 Å². The number of nitrogens with one attached hydrogen (secondary N) is 1. The van der Waals surface area contributed by atoms with Crippen LogP contribution in [0.5, 0.6) is 5.75 Å². The van der Waals surface area contributed by atoms with Crippen LogP contribution in [-0.2, 0) is 17.8 Å². The van der Waals surface area contributed by atoms with Crippen molar-refractivity contribution in [1.29, 1.82) is 0 Å². The molecule has 5 heteroatoms. The molecule has 0 saturated heterocycles. The molecular formula is C18H21NO4. The molecule has 0 fully saturated rings. The van der Waals surface area contributed by atoms with Crippen LogP contribution in [0, 0.1) is 0 Å². The van der Waals surface area contributed by atoms with Crippen molar-refractivity contribution in [2.75, 3.05) is 20.3 Å². The van der Waals surface area contributed by atoms with Crippen LogP contribution in [0.25, 0.3) is 0 Å². The lowest BCUT2D eigenvalue weighted by atomic mass is 10.1. The molecule has 0 spiro atoms. The van der Waals surface area contributed by atoms with Crippen molar-refractivity contribution in [3.8, 4) is 5.75 Å². The van der Waals surface area contributed by atoms with E-state index < -0.39 is 5.97 Å². The van der Waals surface area contributed by atoms with Gasteiger partial charge < -0.3 is 19.9 Å². The average Bonchev–Trinajstić information content (AvgIpc) is 2.57. The predicted octanol–water partition coefficient (Wildman–Crippen LogP) is 2.70. The number of hydrogen-bond acceptors (Lipinski definition) is 4. The van der Waals surface area contributed by atoms with Crippen LogP contribution in [-0.4, -0.2) is 31.4 Å². The summed E-state index contributed by atoms with van der Waals surface area (Å²) in [6, 6.07) is 14.7. The molecule has 2 aromatic rings. The maximum Gasteiger partial charge on any atom is 0.335 e. The van der Waals surface area contributed by atoms with E-state index in [2.05, 4.69) is 5.32 Å². The van der Waals surface area contributed by atoms with Crippen molar-refractivity contribution in [3.63, 3.8) is 0 Å². The van der Waals surface area contributed by atoms with E-state index in [0.29, 0.717) is 31.9 Å². The molecule has 0 aromatic heterocycles. The summed E-state index contributed by atoms with van der Waals surface area (Å²) < 4.78 is 10.7. The molecule has 0 radical (unpaired) electrons. The van der Waals surface area contributed by atoms with Gasteiger partial charge in [-0.1, -0.05) is 30.3 Å². The van der Waals surface area contributed by atoms with Crippen molar-refractivity contribution >= 4 is 5.97 Å². The normalized spacial score (nSPS) is 10.5. The van der Waals surface area contributed by atoms with Gasteiger partial charge in [0.05, 0.1) is 12.2 Å². The van der Waals surface area contributed by atoms with E-state index in [1.807, 2.05) is 30.3 Å². The van der Waals surface area contributed by atoms with E-state index >= 15 is 0 Å². The molecule has 0 aliphatic carbocycles. The summed E-state index contributed by atoms with van der Waals surface area (Å²) in [6.07, 6.45) is 0. The number of hydrogen-bond donors (Lipinski definition) is 2. The number of para-hydroxylation sites is 1. The number of aromatic carboxylic acids is 1. The van der Waals surface area contributed by atoms with Gasteiger partial charge in [0.2, 0.25) is 0 Å². The van der Waals surface area contributed by atoms with Gasteiger partial charge in [0, 0.05) is 25.8 Å². The van der Waals surface area contributed by atoms with Crippen LogP contribution >= 0.6 is 0 Å². The smallest absolute Gasteiger partial charge is 0.335 e. The molecule has 122 valence electrons. The van der Waals surface area contributed by atoms with E-state index in [0.717, 1.165) is 16.9 Å². The largest absolute Gasteiger partial charge is 0.491 e. The summed E-state index contributed by atoms with van der Waals surface area (Å²) in [5.41, 5.74) is 2.29. The minimum Gasteiger partial charge on any atom is -0.491 e. The second kappa shape index (κ2) is 8.92. The Balaban J connectivity index is 1.91. The van der Waals surface area contributed by atoms with Crippen LogP contribution in [0.15, 0.2) is 48.5 Å². The summed E-state index contributed by atoms with van der Waals surface area (Å²) in [5.74, 6) is -0.0833. The zero-order chi connectivity index (χ0) is 16.5. The molecule has 0 heterocycles. The summed E-state index contributed by atoms with van der Waals surface area (Å²) >= 11 is 0. The van der Waals surface area contributed by atoms with Gasteiger partial charge in [-0.05, 0) is 23.8 Å². The van der Waals surface area contributed by atoms with Gasteiger partial charge >= 0.3 is 5.97 Å². The third kappa shape index (κ3) is 5.39. The standard InChI is InChI=1S/C18H21NO4/c1-22-9-10-23-17-8-3-2-6-16(17)13-19-12-14-5-4-7-15(11-14)18(20)21/h2-8,11,19H,9-10,12-13H2,1H3,(H,20,21). The number of carboxylic acids is 1. The highest BCUT2D eigenvalue weighted by molar-refractivity contribution is 5.87. The van der Waals surface area contributed by atoms with Gasteiger partial charge in [0.1, 0.15) is 12.4 Å². The molecule has 0 bridgehead atoms. The summed E-state index contributed by atoms with van der Waals surface area (Å²) in [7, 11) is 1.64. The minimum absolute atomic E-state index is 0.299. The molecule has 0 amide bonds. The van der Waals surface area contributed by atoms with Crippen molar-refractivity contribution in [2.45, 2.75) is 13.1 Å². The quantitative estimate of drug-likeness (QED) is 0.696. The van der Waals surface area contributed by atoms with Crippen molar-refractivity contribution in [3.05, 3.63) is 65.2 Å². The molecule has 0 aliphatic rings. The molecule has 0 saturated carbocycles. The number of rotatable bonds is 9. The highest BCUT2D eigenvalue weighted by Gasteiger charge is 2.05. The lowest BCUT2D eigenvalue weighted by molar-refractivity contribution is 0.0696. The van der Waals surface area contributed by atoms with Crippen LogP contribution in [0.1, 0.15) is 21.5 Å². The maximum absolute atomic E-state index is 11.0. The van der Waals surface area contributed by atoms with Gasteiger partial charge in [0.25, 0.3) is 0 Å². The fourth-order valence-corrected chi connectivity index (χ4v) is 2.18. The predicted molar refractivity (Wildman–Crippen MR) is 87.8 cm³/mol. The Labute approximate surface area is 135 Å². The van der Waals surface area contributed by atoms with Gasteiger partial charge in [-0.3, -0.25) is 0 Å². The first-order chi connectivity index (χ1) is 11.2. The number of ether oxygens (including phenoxy) is 2. The highest BCUT2D eigenvalue weighted by Crippen LogP contribution is 2.17. The summed E-state index contributed by atoms with van der Waals surface area (Å²) in [5, 5.41) is 12.3. The van der Waals surface area contributed by atoms with Gasteiger partial charge in [-0.2, -0.15) is 0 Å². The molecular weight excluding hydrogens is 294 g/mol. The van der Waals surface area contributed by atoms with Crippen LogP contribution < -0.4 is 10.1 Å². The molecule has 2 aromatic carbocycles. The van der Waals surface area contributed by atoms with Crippen LogP contribution in [0.4, 0.5) is 0 Å². The number of methoxy groups -OCH3 is 1. The van der Waals surface area contributed by atoms with Gasteiger partial charge in [0.15, 0.2) is 0 Å². The molecule has 0 atom stereocenters. The Bertz CT molecular complexity index is 642. The maximum atomic E-state index is 11.0. The third-order valence-electron chi connectivity index (χ3n) is 3.34. The zero-order valence-corrected chi connectivity index (χ0v) is 13.1. The number of benzene rings is 2. The lowest BCUT2D eigenvalue weighted by Crippen LogP contribution is -2.14. The molecule has 23 heavy (non-hydrogen) atoms. The summed E-state index contributed by atoms with van der Waals surface area (Å²) in [4.78, 5) is 11.0. The van der Waals surface area contributed by atoms with E-state index in [1.165, 1.54) is 0 Å². The number of carbonyl (C=O) groups is 1. The first kappa shape index (κ1) is 17.0. The second-order valence-electron chi connectivity index (χ2n) is 5.06.